The highest BCUT2D eigenvalue weighted by atomic mass is 35.5. The molecule has 0 aromatic heterocycles. The first kappa shape index (κ1) is 15.6. The first-order valence-electron chi connectivity index (χ1n) is 6.01. The molecule has 0 unspecified atom stereocenters. The van der Waals surface area contributed by atoms with E-state index >= 15 is 0 Å². The van der Waals surface area contributed by atoms with Gasteiger partial charge in [-0.1, -0.05) is 29.5 Å². The summed E-state index contributed by atoms with van der Waals surface area (Å²) in [6.45, 7) is -0.0187. The fraction of sp³-hybridized carbons (Fsp3) is 0.125. The van der Waals surface area contributed by atoms with Crippen LogP contribution >= 0.6 is 23.2 Å². The summed E-state index contributed by atoms with van der Waals surface area (Å²) in [4.78, 5) is 0. The lowest BCUT2D eigenvalue weighted by molar-refractivity contribution is 0.298. The summed E-state index contributed by atoms with van der Waals surface area (Å²) in [5.41, 5.74) is 0.575. The second-order valence-corrected chi connectivity index (χ2v) is 4.81. The SMILES string of the molecule is Fc1cc(OCc2ccc(Cl)cc2F)ccc1C#CCCl. The molecule has 0 aliphatic rings. The Bertz CT molecular complexity index is 705. The monoisotopic (exact) mass is 326 g/mol. The van der Waals surface area contributed by atoms with Gasteiger partial charge in [-0.05, 0) is 24.3 Å². The van der Waals surface area contributed by atoms with E-state index in [-0.39, 0.29) is 18.1 Å². The number of ether oxygens (including phenoxy) is 1. The average molecular weight is 327 g/mol. The molecule has 0 bridgehead atoms. The molecule has 0 amide bonds. The van der Waals surface area contributed by atoms with Crippen molar-refractivity contribution >= 4 is 23.2 Å². The second kappa shape index (κ2) is 7.31. The quantitative estimate of drug-likeness (QED) is 0.582. The lowest BCUT2D eigenvalue weighted by Crippen LogP contribution is -1.99. The van der Waals surface area contributed by atoms with Gasteiger partial charge in [0.25, 0.3) is 0 Å². The number of hydrogen-bond donors (Lipinski definition) is 0. The van der Waals surface area contributed by atoms with Crippen LogP contribution in [0.5, 0.6) is 5.75 Å². The van der Waals surface area contributed by atoms with Gasteiger partial charge in [0.05, 0.1) is 11.4 Å². The maximum absolute atomic E-state index is 13.7. The Morgan fingerprint density at radius 2 is 1.86 bits per heavy atom. The smallest absolute Gasteiger partial charge is 0.142 e. The fourth-order valence-corrected chi connectivity index (χ4v) is 1.84. The average Bonchev–Trinajstić information content (AvgIpc) is 2.45. The molecule has 5 heteroatoms. The summed E-state index contributed by atoms with van der Waals surface area (Å²) in [7, 11) is 0. The Labute approximate surface area is 131 Å². The van der Waals surface area contributed by atoms with Crippen LogP contribution < -0.4 is 4.74 Å². The zero-order chi connectivity index (χ0) is 15.2. The molecule has 108 valence electrons. The topological polar surface area (TPSA) is 9.23 Å². The molecule has 0 N–H and O–H groups in total. The van der Waals surface area contributed by atoms with Crippen molar-refractivity contribution in [2.45, 2.75) is 6.61 Å². The summed E-state index contributed by atoms with van der Waals surface area (Å²) in [5, 5.41) is 0.310. The Balaban J connectivity index is 2.08. The summed E-state index contributed by atoms with van der Waals surface area (Å²) >= 11 is 11.1. The zero-order valence-electron chi connectivity index (χ0n) is 10.8. The van der Waals surface area contributed by atoms with E-state index in [1.54, 1.807) is 12.1 Å². The van der Waals surface area contributed by atoms with Crippen molar-refractivity contribution in [3.05, 3.63) is 64.2 Å². The maximum atomic E-state index is 13.7. The normalized spacial score (nSPS) is 9.90. The number of halogens is 4. The van der Waals surface area contributed by atoms with E-state index in [0.717, 1.165) is 0 Å². The van der Waals surface area contributed by atoms with E-state index in [9.17, 15) is 8.78 Å². The van der Waals surface area contributed by atoms with Gasteiger partial charge in [-0.3, -0.25) is 0 Å². The molecular formula is C16H10Cl2F2O. The van der Waals surface area contributed by atoms with Crippen molar-refractivity contribution in [1.82, 2.24) is 0 Å². The van der Waals surface area contributed by atoms with Crippen LogP contribution in [0, 0.1) is 23.5 Å². The van der Waals surface area contributed by atoms with Gasteiger partial charge in [-0.25, -0.2) is 8.78 Å². The summed E-state index contributed by atoms with van der Waals surface area (Å²) in [6.07, 6.45) is 0. The Kier molecular flexibility index (Phi) is 5.44. The van der Waals surface area contributed by atoms with Crippen molar-refractivity contribution < 1.29 is 13.5 Å². The van der Waals surface area contributed by atoms with Gasteiger partial charge in [-0.15, -0.1) is 11.6 Å². The van der Waals surface area contributed by atoms with Crippen molar-refractivity contribution in [3.8, 4) is 17.6 Å². The van der Waals surface area contributed by atoms with Crippen LogP contribution in [0.3, 0.4) is 0 Å². The molecular weight excluding hydrogens is 317 g/mol. The van der Waals surface area contributed by atoms with Gasteiger partial charge in [-0.2, -0.15) is 0 Å². The molecule has 0 radical (unpaired) electrons. The van der Waals surface area contributed by atoms with Gasteiger partial charge >= 0.3 is 0 Å². The van der Waals surface area contributed by atoms with Crippen molar-refractivity contribution in [2.24, 2.45) is 0 Å². The maximum Gasteiger partial charge on any atom is 0.142 e. The third-order valence-corrected chi connectivity index (χ3v) is 3.01. The standard InChI is InChI=1S/C16H10Cl2F2O/c17-7-1-2-11-4-6-14(9-16(11)20)21-10-12-3-5-13(18)8-15(12)19/h3-6,8-9H,7,10H2. The Morgan fingerprint density at radius 1 is 1.05 bits per heavy atom. The van der Waals surface area contributed by atoms with Crippen LogP contribution in [-0.2, 0) is 6.61 Å². The fourth-order valence-electron chi connectivity index (χ4n) is 1.62. The van der Waals surface area contributed by atoms with Crippen molar-refractivity contribution in [2.75, 3.05) is 5.88 Å². The summed E-state index contributed by atoms with van der Waals surface area (Å²) in [6, 6.07) is 8.54. The highest BCUT2D eigenvalue weighted by molar-refractivity contribution is 6.30. The first-order valence-corrected chi connectivity index (χ1v) is 6.92. The predicted octanol–water partition coefficient (Wildman–Crippen LogP) is 4.79. The van der Waals surface area contributed by atoms with Crippen LogP contribution in [0.15, 0.2) is 36.4 Å². The molecule has 2 rings (SSSR count). The molecule has 0 fully saturated rings. The minimum atomic E-state index is -0.512. The minimum absolute atomic E-state index is 0.0187. The van der Waals surface area contributed by atoms with E-state index < -0.39 is 11.6 Å². The van der Waals surface area contributed by atoms with E-state index in [2.05, 4.69) is 11.8 Å². The number of rotatable bonds is 3. The van der Waals surface area contributed by atoms with Crippen LogP contribution in [0.25, 0.3) is 0 Å². The van der Waals surface area contributed by atoms with E-state index in [1.807, 2.05) is 0 Å². The zero-order valence-corrected chi connectivity index (χ0v) is 12.3. The van der Waals surface area contributed by atoms with Gasteiger partial charge in [0.1, 0.15) is 24.0 Å². The lowest BCUT2D eigenvalue weighted by atomic mass is 10.2. The largest absolute Gasteiger partial charge is 0.489 e. The van der Waals surface area contributed by atoms with Gasteiger partial charge in [0, 0.05) is 16.7 Å². The molecule has 0 aliphatic carbocycles. The molecule has 0 atom stereocenters. The van der Waals surface area contributed by atoms with E-state index in [1.165, 1.54) is 24.3 Å². The van der Waals surface area contributed by atoms with E-state index in [0.29, 0.717) is 16.3 Å². The number of alkyl halides is 1. The molecule has 2 aromatic carbocycles. The van der Waals surface area contributed by atoms with Gasteiger partial charge in [0.15, 0.2) is 0 Å². The third kappa shape index (κ3) is 4.35. The number of benzene rings is 2. The predicted molar refractivity (Wildman–Crippen MR) is 79.7 cm³/mol. The molecule has 0 aliphatic heterocycles. The molecule has 0 spiro atoms. The second-order valence-electron chi connectivity index (χ2n) is 4.10. The Morgan fingerprint density at radius 3 is 2.52 bits per heavy atom. The highest BCUT2D eigenvalue weighted by Gasteiger charge is 2.06. The first-order chi connectivity index (χ1) is 10.1. The van der Waals surface area contributed by atoms with Crippen LogP contribution in [-0.4, -0.2) is 5.88 Å². The van der Waals surface area contributed by atoms with Crippen LogP contribution in [0.4, 0.5) is 8.78 Å². The molecule has 0 saturated heterocycles. The van der Waals surface area contributed by atoms with Crippen LogP contribution in [0.1, 0.15) is 11.1 Å². The summed E-state index contributed by atoms with van der Waals surface area (Å²) < 4.78 is 32.6. The third-order valence-electron chi connectivity index (χ3n) is 2.64. The minimum Gasteiger partial charge on any atom is -0.489 e. The molecule has 2 aromatic rings. The summed E-state index contributed by atoms with van der Waals surface area (Å²) in [5.74, 6) is 4.60. The van der Waals surface area contributed by atoms with Gasteiger partial charge in [0.2, 0.25) is 0 Å². The Hall–Kier alpha value is -1.76. The number of hydrogen-bond acceptors (Lipinski definition) is 1. The molecule has 1 nitrogen and oxygen atoms in total. The van der Waals surface area contributed by atoms with E-state index in [4.69, 9.17) is 27.9 Å². The molecule has 0 heterocycles. The van der Waals surface area contributed by atoms with Crippen molar-refractivity contribution in [1.29, 1.82) is 0 Å². The van der Waals surface area contributed by atoms with Crippen molar-refractivity contribution in [3.63, 3.8) is 0 Å². The van der Waals surface area contributed by atoms with Crippen LogP contribution in [0.2, 0.25) is 5.02 Å². The lowest BCUT2D eigenvalue weighted by Gasteiger charge is -2.08. The molecule has 21 heavy (non-hydrogen) atoms. The highest BCUT2D eigenvalue weighted by Crippen LogP contribution is 2.20. The van der Waals surface area contributed by atoms with Gasteiger partial charge < -0.3 is 4.74 Å². The molecule has 0 saturated carbocycles.